The first-order valence-electron chi connectivity index (χ1n) is 9.65. The Balaban J connectivity index is 1.49. The number of benzene rings is 3. The Kier molecular flexibility index (Phi) is 7.69. The number of hydrogen-bond acceptors (Lipinski definition) is 6. The fourth-order valence-corrected chi connectivity index (χ4v) is 2.65. The van der Waals surface area contributed by atoms with Crippen molar-refractivity contribution >= 4 is 35.1 Å². The van der Waals surface area contributed by atoms with E-state index in [0.29, 0.717) is 11.4 Å². The molecule has 0 fully saturated rings. The van der Waals surface area contributed by atoms with Crippen LogP contribution in [0.4, 0.5) is 21.0 Å². The van der Waals surface area contributed by atoms with Crippen molar-refractivity contribution in [3.05, 3.63) is 96.1 Å². The van der Waals surface area contributed by atoms with Crippen LogP contribution in [0, 0.1) is 0 Å². The van der Waals surface area contributed by atoms with Crippen LogP contribution in [-0.4, -0.2) is 37.0 Å². The molecule has 0 atom stereocenters. The van der Waals surface area contributed by atoms with Gasteiger partial charge < -0.3 is 9.47 Å². The molecule has 0 heterocycles. The van der Waals surface area contributed by atoms with Gasteiger partial charge in [-0.05, 0) is 30.3 Å². The predicted molar refractivity (Wildman–Crippen MR) is 118 cm³/mol. The number of anilines is 2. The number of hydrogen-bond donors (Lipinski definition) is 2. The molecule has 0 spiro atoms. The van der Waals surface area contributed by atoms with Gasteiger partial charge in [0.15, 0.2) is 24.8 Å². The Labute approximate surface area is 184 Å². The van der Waals surface area contributed by atoms with Crippen LogP contribution in [0.3, 0.4) is 0 Å². The van der Waals surface area contributed by atoms with E-state index in [2.05, 4.69) is 10.6 Å². The van der Waals surface area contributed by atoms with Gasteiger partial charge in [0.05, 0.1) is 0 Å². The van der Waals surface area contributed by atoms with Crippen LogP contribution in [0.5, 0.6) is 0 Å². The molecule has 0 unspecified atom stereocenters. The van der Waals surface area contributed by atoms with E-state index in [9.17, 15) is 19.2 Å². The summed E-state index contributed by atoms with van der Waals surface area (Å²) < 4.78 is 9.87. The zero-order valence-corrected chi connectivity index (χ0v) is 16.9. The monoisotopic (exact) mass is 432 g/mol. The van der Waals surface area contributed by atoms with E-state index < -0.39 is 37.0 Å². The number of nitrogens with one attached hydrogen (secondary N) is 2. The molecule has 8 heteroatoms. The molecular formula is C24H20N2O6. The summed E-state index contributed by atoms with van der Waals surface area (Å²) in [7, 11) is 0. The van der Waals surface area contributed by atoms with Gasteiger partial charge in [-0.1, -0.05) is 54.6 Å². The Bertz CT molecular complexity index is 1010. The van der Waals surface area contributed by atoms with Gasteiger partial charge in [0.25, 0.3) is 0 Å². The molecule has 32 heavy (non-hydrogen) atoms. The van der Waals surface area contributed by atoms with Gasteiger partial charge in [-0.3, -0.25) is 20.2 Å². The molecule has 0 saturated carbocycles. The predicted octanol–water partition coefficient (Wildman–Crippen LogP) is 4.55. The van der Waals surface area contributed by atoms with Gasteiger partial charge in [-0.2, -0.15) is 0 Å². The van der Waals surface area contributed by atoms with Crippen LogP contribution < -0.4 is 10.6 Å². The molecular weight excluding hydrogens is 412 g/mol. The van der Waals surface area contributed by atoms with Crippen molar-refractivity contribution in [1.29, 1.82) is 0 Å². The van der Waals surface area contributed by atoms with Gasteiger partial charge in [0, 0.05) is 22.5 Å². The summed E-state index contributed by atoms with van der Waals surface area (Å²) in [5.74, 6) is -0.962. The number of ether oxygens (including phenoxy) is 2. The standard InChI is InChI=1S/C24H20N2O6/c27-21(15-31-23(29)25-19-10-3-1-4-11-19)17-8-7-9-18(14-17)22(28)16-32-24(30)26-20-12-5-2-6-13-20/h1-14H,15-16H2,(H,25,29)(H,26,30). The normalized spacial score (nSPS) is 10.0. The van der Waals surface area contributed by atoms with Crippen LogP contribution in [-0.2, 0) is 9.47 Å². The lowest BCUT2D eigenvalue weighted by molar-refractivity contribution is 0.0859. The minimum atomic E-state index is -0.769. The van der Waals surface area contributed by atoms with E-state index >= 15 is 0 Å². The zero-order chi connectivity index (χ0) is 22.8. The second-order valence-corrected chi connectivity index (χ2v) is 6.56. The smallest absolute Gasteiger partial charge is 0.412 e. The molecule has 0 saturated heterocycles. The Morgan fingerprint density at radius 1 is 0.562 bits per heavy atom. The molecule has 8 nitrogen and oxygen atoms in total. The van der Waals surface area contributed by atoms with Crippen molar-refractivity contribution in [2.75, 3.05) is 23.8 Å². The highest BCUT2D eigenvalue weighted by Gasteiger charge is 2.14. The average Bonchev–Trinajstić information content (AvgIpc) is 2.82. The van der Waals surface area contributed by atoms with Gasteiger partial charge in [-0.15, -0.1) is 0 Å². The molecule has 2 amide bonds. The van der Waals surface area contributed by atoms with Gasteiger partial charge >= 0.3 is 12.2 Å². The van der Waals surface area contributed by atoms with Crippen molar-refractivity contribution in [1.82, 2.24) is 0 Å². The number of Topliss-reactive ketones (excluding diaryl/α,β-unsaturated/α-hetero) is 2. The van der Waals surface area contributed by atoms with E-state index in [4.69, 9.17) is 9.47 Å². The van der Waals surface area contributed by atoms with E-state index in [1.807, 2.05) is 0 Å². The molecule has 0 aliphatic heterocycles. The Hall–Kier alpha value is -4.46. The molecule has 2 N–H and O–H groups in total. The number of rotatable bonds is 8. The molecule has 0 aromatic heterocycles. The number of carbonyl (C=O) groups is 4. The van der Waals surface area contributed by atoms with Crippen molar-refractivity contribution < 1.29 is 28.7 Å². The average molecular weight is 432 g/mol. The molecule has 0 aliphatic rings. The molecule has 3 aromatic carbocycles. The molecule has 0 radical (unpaired) electrons. The fourth-order valence-electron chi connectivity index (χ4n) is 2.65. The van der Waals surface area contributed by atoms with E-state index in [-0.39, 0.29) is 11.1 Å². The van der Waals surface area contributed by atoms with E-state index in [1.165, 1.54) is 24.3 Å². The molecule has 3 rings (SSSR count). The zero-order valence-electron chi connectivity index (χ0n) is 16.9. The third-order valence-corrected chi connectivity index (χ3v) is 4.22. The maximum atomic E-state index is 12.3. The first kappa shape index (κ1) is 22.2. The third-order valence-electron chi connectivity index (χ3n) is 4.22. The van der Waals surface area contributed by atoms with E-state index in [0.717, 1.165) is 0 Å². The summed E-state index contributed by atoms with van der Waals surface area (Å²) in [6.45, 7) is -0.988. The first-order chi connectivity index (χ1) is 15.5. The molecule has 3 aromatic rings. The van der Waals surface area contributed by atoms with Crippen molar-refractivity contribution in [3.8, 4) is 0 Å². The minimum Gasteiger partial charge on any atom is -0.441 e. The molecule has 0 aliphatic carbocycles. The van der Waals surface area contributed by atoms with Gasteiger partial charge in [-0.25, -0.2) is 9.59 Å². The van der Waals surface area contributed by atoms with Crippen LogP contribution in [0.15, 0.2) is 84.9 Å². The highest BCUT2D eigenvalue weighted by atomic mass is 16.6. The SMILES string of the molecule is O=C(Nc1ccccc1)OCC(=O)c1cccc(C(=O)COC(=O)Nc2ccccc2)c1. The minimum absolute atomic E-state index is 0.192. The number of carbonyl (C=O) groups excluding carboxylic acids is 4. The second kappa shape index (κ2) is 11.1. The second-order valence-electron chi connectivity index (χ2n) is 6.56. The summed E-state index contributed by atoms with van der Waals surface area (Å²) in [6, 6.07) is 23.2. The maximum Gasteiger partial charge on any atom is 0.412 e. The van der Waals surface area contributed by atoms with E-state index in [1.54, 1.807) is 60.7 Å². The summed E-state index contributed by atoms with van der Waals surface area (Å²) in [4.78, 5) is 48.3. The van der Waals surface area contributed by atoms with Crippen molar-refractivity contribution in [2.45, 2.75) is 0 Å². The largest absolute Gasteiger partial charge is 0.441 e. The summed E-state index contributed by atoms with van der Waals surface area (Å²) >= 11 is 0. The number of para-hydroxylation sites is 2. The third kappa shape index (κ3) is 6.81. The Morgan fingerprint density at radius 3 is 1.38 bits per heavy atom. The van der Waals surface area contributed by atoms with Crippen LogP contribution in [0.1, 0.15) is 20.7 Å². The lowest BCUT2D eigenvalue weighted by atomic mass is 10.1. The topological polar surface area (TPSA) is 111 Å². The Morgan fingerprint density at radius 2 is 0.969 bits per heavy atom. The van der Waals surface area contributed by atoms with Crippen LogP contribution in [0.2, 0.25) is 0 Å². The lowest BCUT2D eigenvalue weighted by Gasteiger charge is -2.08. The van der Waals surface area contributed by atoms with Crippen molar-refractivity contribution in [3.63, 3.8) is 0 Å². The molecule has 162 valence electrons. The first-order valence-corrected chi connectivity index (χ1v) is 9.65. The fraction of sp³-hybridized carbons (Fsp3) is 0.0833. The summed E-state index contributed by atoms with van der Waals surface area (Å²) in [5.41, 5.74) is 1.46. The van der Waals surface area contributed by atoms with Gasteiger partial charge in [0.1, 0.15) is 0 Å². The maximum absolute atomic E-state index is 12.3. The quantitative estimate of drug-likeness (QED) is 0.505. The van der Waals surface area contributed by atoms with Crippen LogP contribution in [0.25, 0.3) is 0 Å². The number of amides is 2. The highest BCUT2D eigenvalue weighted by Crippen LogP contribution is 2.10. The van der Waals surface area contributed by atoms with Crippen LogP contribution >= 0.6 is 0 Å². The van der Waals surface area contributed by atoms with Crippen molar-refractivity contribution in [2.24, 2.45) is 0 Å². The van der Waals surface area contributed by atoms with Gasteiger partial charge in [0.2, 0.25) is 0 Å². The molecule has 0 bridgehead atoms. The highest BCUT2D eigenvalue weighted by molar-refractivity contribution is 6.03. The summed E-state index contributed by atoms with van der Waals surface area (Å²) in [6.07, 6.45) is -1.54. The lowest BCUT2D eigenvalue weighted by Crippen LogP contribution is -2.20. The number of ketones is 2. The summed E-state index contributed by atoms with van der Waals surface area (Å²) in [5, 5.41) is 5.00.